The zero-order chi connectivity index (χ0) is 14.9. The summed E-state index contributed by atoms with van der Waals surface area (Å²) in [7, 11) is 0. The van der Waals surface area contributed by atoms with Gasteiger partial charge in [0.25, 0.3) is 0 Å². The van der Waals surface area contributed by atoms with Crippen LogP contribution in [0.25, 0.3) is 10.9 Å². The van der Waals surface area contributed by atoms with E-state index in [-0.39, 0.29) is 27.7 Å². The van der Waals surface area contributed by atoms with Crippen molar-refractivity contribution in [1.82, 2.24) is 4.98 Å². The van der Waals surface area contributed by atoms with Crippen molar-refractivity contribution in [2.75, 3.05) is 12.0 Å². The van der Waals surface area contributed by atoms with E-state index in [1.807, 2.05) is 0 Å². The number of fused-ring (bicyclic) bond motifs is 1. The van der Waals surface area contributed by atoms with Gasteiger partial charge in [-0.05, 0) is 41.4 Å². The number of aryl methyl sites for hydroxylation is 1. The Balaban J connectivity index is 2.82. The van der Waals surface area contributed by atoms with Gasteiger partial charge in [0, 0.05) is 6.20 Å². The molecule has 2 aromatic rings. The third-order valence-electron chi connectivity index (χ3n) is 2.86. The summed E-state index contributed by atoms with van der Waals surface area (Å²) >= 11 is 3.14. The predicted molar refractivity (Wildman–Crippen MR) is 77.9 cm³/mol. The van der Waals surface area contributed by atoms with Gasteiger partial charge in [-0.1, -0.05) is 0 Å². The molecule has 0 spiro atoms. The summed E-state index contributed by atoms with van der Waals surface area (Å²) in [6, 6.07) is 1.62. The number of ether oxygens (including phenoxy) is 1. The number of nitrogens with two attached hydrogens (primary N) is 1. The number of hydrogen-bond donors (Lipinski definition) is 2. The first-order chi connectivity index (χ1) is 9.51. The fraction of sp³-hybridized carbons (Fsp3) is 0.231. The van der Waals surface area contributed by atoms with E-state index in [9.17, 15) is 9.18 Å². The number of rotatable bonds is 3. The van der Waals surface area contributed by atoms with Gasteiger partial charge < -0.3 is 10.2 Å². The predicted octanol–water partition coefficient (Wildman–Crippen LogP) is 2.91. The molecule has 0 fully saturated rings. The minimum Gasteiger partial charge on any atom is -0.462 e. The SMILES string of the molecule is CCOC(=O)c1cnc2c(C)cc(Br)c(F)c2c1NN. The van der Waals surface area contributed by atoms with Crippen LogP contribution in [0.1, 0.15) is 22.8 Å². The standard InChI is InChI=1S/C13H13BrFN3O2/c1-3-20-13(19)7-5-17-11-6(2)4-8(14)10(15)9(11)12(7)18-16/h4-5H,3,16H2,1-2H3,(H,17,18). The highest BCUT2D eigenvalue weighted by Gasteiger charge is 2.20. The van der Waals surface area contributed by atoms with E-state index in [0.29, 0.717) is 5.52 Å². The first-order valence-corrected chi connectivity index (χ1v) is 6.71. The van der Waals surface area contributed by atoms with Crippen molar-refractivity contribution in [3.8, 4) is 0 Å². The number of anilines is 1. The number of nitrogen functional groups attached to an aromatic ring is 1. The molecular formula is C13H13BrFN3O2. The van der Waals surface area contributed by atoms with Gasteiger partial charge in [0.1, 0.15) is 11.4 Å². The molecule has 0 atom stereocenters. The minimum atomic E-state index is -0.605. The summed E-state index contributed by atoms with van der Waals surface area (Å²) in [4.78, 5) is 16.0. The zero-order valence-corrected chi connectivity index (χ0v) is 12.5. The Kier molecular flexibility index (Phi) is 4.20. The van der Waals surface area contributed by atoms with E-state index in [1.54, 1.807) is 19.9 Å². The molecule has 1 aromatic carbocycles. The molecule has 1 heterocycles. The van der Waals surface area contributed by atoms with E-state index in [0.717, 1.165) is 5.56 Å². The summed E-state index contributed by atoms with van der Waals surface area (Å²) < 4.78 is 19.5. The van der Waals surface area contributed by atoms with Crippen LogP contribution >= 0.6 is 15.9 Å². The summed E-state index contributed by atoms with van der Waals surface area (Å²) in [5, 5.41) is 0.157. The van der Waals surface area contributed by atoms with Gasteiger partial charge in [0.2, 0.25) is 0 Å². The Hall–Kier alpha value is -1.73. The normalized spacial score (nSPS) is 10.7. The van der Waals surface area contributed by atoms with E-state index in [4.69, 9.17) is 10.6 Å². The maximum Gasteiger partial charge on any atom is 0.341 e. The molecular weight excluding hydrogens is 329 g/mol. The highest BCUT2D eigenvalue weighted by molar-refractivity contribution is 9.10. The number of carbonyl (C=O) groups excluding carboxylic acids is 1. The van der Waals surface area contributed by atoms with Crippen molar-refractivity contribution in [3.63, 3.8) is 0 Å². The van der Waals surface area contributed by atoms with E-state index in [1.165, 1.54) is 6.20 Å². The van der Waals surface area contributed by atoms with Gasteiger partial charge >= 0.3 is 5.97 Å². The summed E-state index contributed by atoms with van der Waals surface area (Å²) in [5.74, 6) is 4.32. The molecule has 3 N–H and O–H groups in total. The number of hydrazine groups is 1. The highest BCUT2D eigenvalue weighted by atomic mass is 79.9. The van der Waals surface area contributed by atoms with Crippen LogP contribution in [0.3, 0.4) is 0 Å². The molecule has 2 rings (SSSR count). The number of benzene rings is 1. The second-order valence-electron chi connectivity index (χ2n) is 4.12. The summed E-state index contributed by atoms with van der Waals surface area (Å²) in [6.45, 7) is 3.69. The smallest absolute Gasteiger partial charge is 0.341 e. The Morgan fingerprint density at radius 3 is 2.90 bits per heavy atom. The Morgan fingerprint density at radius 1 is 1.60 bits per heavy atom. The fourth-order valence-corrected chi connectivity index (χ4v) is 2.52. The van der Waals surface area contributed by atoms with Crippen LogP contribution in [0, 0.1) is 12.7 Å². The summed E-state index contributed by atoms with van der Waals surface area (Å²) in [5.41, 5.74) is 3.83. The molecule has 0 aliphatic rings. The molecule has 0 saturated carbocycles. The Bertz CT molecular complexity index is 691. The first-order valence-electron chi connectivity index (χ1n) is 5.92. The molecule has 0 saturated heterocycles. The maximum atomic E-state index is 14.3. The minimum absolute atomic E-state index is 0.0956. The zero-order valence-electron chi connectivity index (χ0n) is 11.0. The van der Waals surface area contributed by atoms with Crippen LogP contribution in [0.2, 0.25) is 0 Å². The lowest BCUT2D eigenvalue weighted by atomic mass is 10.1. The van der Waals surface area contributed by atoms with Crippen LogP contribution in [-0.2, 0) is 4.74 Å². The van der Waals surface area contributed by atoms with Crippen molar-refractivity contribution in [1.29, 1.82) is 0 Å². The van der Waals surface area contributed by atoms with Crippen LogP contribution < -0.4 is 11.3 Å². The molecule has 0 amide bonds. The third kappa shape index (κ3) is 2.34. The highest BCUT2D eigenvalue weighted by Crippen LogP contribution is 2.33. The molecule has 0 bridgehead atoms. The molecule has 0 aliphatic heterocycles. The summed E-state index contributed by atoms with van der Waals surface area (Å²) in [6.07, 6.45) is 1.33. The average molecular weight is 342 g/mol. The molecule has 7 heteroatoms. The number of esters is 1. The lowest BCUT2D eigenvalue weighted by Gasteiger charge is -2.13. The molecule has 0 aliphatic carbocycles. The average Bonchev–Trinajstić information content (AvgIpc) is 2.43. The largest absolute Gasteiger partial charge is 0.462 e. The van der Waals surface area contributed by atoms with Crippen molar-refractivity contribution in [2.45, 2.75) is 13.8 Å². The van der Waals surface area contributed by atoms with E-state index < -0.39 is 11.8 Å². The van der Waals surface area contributed by atoms with Gasteiger partial charge in [0.15, 0.2) is 0 Å². The quantitative estimate of drug-likeness (QED) is 0.510. The van der Waals surface area contributed by atoms with Crippen LogP contribution in [0.4, 0.5) is 10.1 Å². The van der Waals surface area contributed by atoms with Crippen molar-refractivity contribution >= 4 is 38.5 Å². The molecule has 0 unspecified atom stereocenters. The van der Waals surface area contributed by atoms with E-state index in [2.05, 4.69) is 26.3 Å². The van der Waals surface area contributed by atoms with Crippen LogP contribution in [0.5, 0.6) is 0 Å². The monoisotopic (exact) mass is 341 g/mol. The molecule has 5 nitrogen and oxygen atoms in total. The van der Waals surface area contributed by atoms with Gasteiger partial charge in [-0.3, -0.25) is 10.8 Å². The topological polar surface area (TPSA) is 77.2 Å². The van der Waals surface area contributed by atoms with Crippen LogP contribution in [0.15, 0.2) is 16.7 Å². The van der Waals surface area contributed by atoms with Gasteiger partial charge in [-0.15, -0.1) is 0 Å². The third-order valence-corrected chi connectivity index (χ3v) is 3.44. The fourth-order valence-electron chi connectivity index (χ4n) is 1.98. The first kappa shape index (κ1) is 14.7. The van der Waals surface area contributed by atoms with Crippen LogP contribution in [-0.4, -0.2) is 17.6 Å². The molecule has 0 radical (unpaired) electrons. The number of carbonyl (C=O) groups is 1. The lowest BCUT2D eigenvalue weighted by Crippen LogP contribution is -2.15. The number of nitrogens with zero attached hydrogens (tertiary/aromatic N) is 1. The number of pyridine rings is 1. The second kappa shape index (κ2) is 5.72. The van der Waals surface area contributed by atoms with Gasteiger partial charge in [-0.25, -0.2) is 9.18 Å². The van der Waals surface area contributed by atoms with Gasteiger partial charge in [-0.2, -0.15) is 0 Å². The van der Waals surface area contributed by atoms with Crippen molar-refractivity contribution in [3.05, 3.63) is 33.7 Å². The molecule has 106 valence electrons. The van der Waals surface area contributed by atoms with Crippen molar-refractivity contribution < 1.29 is 13.9 Å². The lowest BCUT2D eigenvalue weighted by molar-refractivity contribution is 0.0527. The second-order valence-corrected chi connectivity index (χ2v) is 4.98. The molecule has 1 aromatic heterocycles. The Labute approximate surface area is 123 Å². The molecule has 20 heavy (non-hydrogen) atoms. The van der Waals surface area contributed by atoms with E-state index >= 15 is 0 Å². The maximum absolute atomic E-state index is 14.3. The number of aromatic nitrogens is 1. The number of nitrogens with one attached hydrogen (secondary N) is 1. The number of halogens is 2. The van der Waals surface area contributed by atoms with Crippen molar-refractivity contribution in [2.24, 2.45) is 5.84 Å². The Morgan fingerprint density at radius 2 is 2.30 bits per heavy atom. The van der Waals surface area contributed by atoms with Gasteiger partial charge in [0.05, 0.1) is 27.7 Å². The number of hydrogen-bond acceptors (Lipinski definition) is 5.